The van der Waals surface area contributed by atoms with Crippen LogP contribution in [-0.4, -0.2) is 37.2 Å². The first-order chi connectivity index (χ1) is 11.7. The van der Waals surface area contributed by atoms with Crippen molar-refractivity contribution < 1.29 is 27.5 Å². The number of ether oxygens (including phenoxy) is 1. The maximum absolute atomic E-state index is 12.4. The van der Waals surface area contributed by atoms with Crippen molar-refractivity contribution in [2.75, 3.05) is 23.4 Å². The van der Waals surface area contributed by atoms with Gasteiger partial charge in [-0.2, -0.15) is 13.2 Å². The summed E-state index contributed by atoms with van der Waals surface area (Å²) in [5.41, 5.74) is 0.657. The van der Waals surface area contributed by atoms with Crippen LogP contribution in [0.4, 0.5) is 24.5 Å². The minimum absolute atomic E-state index is 0.0983. The number of carbonyl (C=O) groups excluding carboxylic acids is 2. The van der Waals surface area contributed by atoms with Gasteiger partial charge in [-0.15, -0.1) is 0 Å². The number of anilines is 2. The van der Waals surface area contributed by atoms with Crippen molar-refractivity contribution in [2.24, 2.45) is 0 Å². The third-order valence-electron chi connectivity index (χ3n) is 4.12. The molecule has 5 nitrogen and oxygen atoms in total. The zero-order chi connectivity index (χ0) is 18.6. The van der Waals surface area contributed by atoms with Gasteiger partial charge in [-0.05, 0) is 51.3 Å². The summed E-state index contributed by atoms with van der Waals surface area (Å²) in [5, 5.41) is 1.77. The number of carbonyl (C=O) groups is 2. The number of esters is 1. The Morgan fingerprint density at radius 2 is 2.04 bits per heavy atom. The molecule has 138 valence electrons. The van der Waals surface area contributed by atoms with E-state index in [2.05, 4.69) is 0 Å². The zero-order valence-electron chi connectivity index (χ0n) is 14.2. The number of benzene rings is 1. The third-order valence-corrected chi connectivity index (χ3v) is 4.12. The molecule has 0 aromatic heterocycles. The molecule has 0 spiro atoms. The highest BCUT2D eigenvalue weighted by atomic mass is 19.4. The van der Waals surface area contributed by atoms with E-state index >= 15 is 0 Å². The number of nitrogens with one attached hydrogen (secondary N) is 1. The van der Waals surface area contributed by atoms with Gasteiger partial charge >= 0.3 is 18.1 Å². The number of hydrogen-bond donors (Lipinski definition) is 1. The number of piperidine rings is 1. The molecular weight excluding hydrogens is 337 g/mol. The van der Waals surface area contributed by atoms with E-state index in [0.29, 0.717) is 5.69 Å². The summed E-state index contributed by atoms with van der Waals surface area (Å²) in [6.07, 6.45) is -1.97. The maximum atomic E-state index is 12.4. The van der Waals surface area contributed by atoms with E-state index in [4.69, 9.17) is 4.74 Å². The molecule has 1 N–H and O–H groups in total. The van der Waals surface area contributed by atoms with Gasteiger partial charge in [0.2, 0.25) is 0 Å². The summed E-state index contributed by atoms with van der Waals surface area (Å²) in [5.74, 6) is -2.71. The molecule has 0 radical (unpaired) electrons. The van der Waals surface area contributed by atoms with Crippen molar-refractivity contribution in [3.8, 4) is 0 Å². The molecule has 25 heavy (non-hydrogen) atoms. The van der Waals surface area contributed by atoms with E-state index < -0.39 is 18.1 Å². The normalized spacial score (nSPS) is 18.0. The molecule has 1 aromatic rings. The SMILES string of the molecule is CCOC(=O)c1cc(NC(=O)C(F)(F)F)ccc1N1CCCC[C@@H]1C. The molecule has 0 saturated carbocycles. The van der Waals surface area contributed by atoms with Crippen LogP contribution >= 0.6 is 0 Å². The first-order valence-corrected chi connectivity index (χ1v) is 8.20. The average molecular weight is 358 g/mol. The van der Waals surface area contributed by atoms with Gasteiger partial charge < -0.3 is 15.0 Å². The van der Waals surface area contributed by atoms with Crippen LogP contribution in [0.5, 0.6) is 0 Å². The van der Waals surface area contributed by atoms with E-state index in [9.17, 15) is 22.8 Å². The molecule has 1 saturated heterocycles. The molecule has 1 atom stereocenters. The first-order valence-electron chi connectivity index (χ1n) is 8.20. The topological polar surface area (TPSA) is 58.6 Å². The summed E-state index contributed by atoms with van der Waals surface area (Å²) in [7, 11) is 0. The lowest BCUT2D eigenvalue weighted by molar-refractivity contribution is -0.167. The van der Waals surface area contributed by atoms with E-state index in [1.807, 2.05) is 11.8 Å². The Labute approximate surface area is 144 Å². The van der Waals surface area contributed by atoms with Gasteiger partial charge in [0, 0.05) is 18.3 Å². The van der Waals surface area contributed by atoms with Crippen molar-refractivity contribution in [3.63, 3.8) is 0 Å². The van der Waals surface area contributed by atoms with Crippen molar-refractivity contribution >= 4 is 23.3 Å². The molecule has 1 heterocycles. The monoisotopic (exact) mass is 358 g/mol. The molecule has 1 fully saturated rings. The van der Waals surface area contributed by atoms with E-state index in [0.717, 1.165) is 25.8 Å². The van der Waals surface area contributed by atoms with Crippen LogP contribution < -0.4 is 10.2 Å². The van der Waals surface area contributed by atoms with E-state index in [-0.39, 0.29) is 23.9 Å². The van der Waals surface area contributed by atoms with Crippen molar-refractivity contribution in [1.82, 2.24) is 0 Å². The molecule has 1 aromatic carbocycles. The molecule has 8 heteroatoms. The van der Waals surface area contributed by atoms with Gasteiger partial charge in [0.1, 0.15) is 0 Å². The Bertz CT molecular complexity index is 647. The fraction of sp³-hybridized carbons (Fsp3) is 0.529. The Morgan fingerprint density at radius 3 is 2.64 bits per heavy atom. The van der Waals surface area contributed by atoms with Crippen molar-refractivity contribution in [2.45, 2.75) is 45.3 Å². The second kappa shape index (κ2) is 7.76. The summed E-state index contributed by atoms with van der Waals surface area (Å²) >= 11 is 0. The standard InChI is InChI=1S/C17H21F3N2O3/c1-3-25-15(23)13-10-12(21-16(24)17(18,19)20)7-8-14(13)22-9-5-4-6-11(22)2/h7-8,10-11H,3-6,9H2,1-2H3,(H,21,24)/t11-/m0/s1. The number of rotatable bonds is 4. The predicted molar refractivity (Wildman–Crippen MR) is 87.7 cm³/mol. The number of hydrogen-bond acceptors (Lipinski definition) is 4. The Morgan fingerprint density at radius 1 is 1.32 bits per heavy atom. The van der Waals surface area contributed by atoms with Crippen molar-refractivity contribution in [1.29, 1.82) is 0 Å². The van der Waals surface area contributed by atoms with Gasteiger partial charge in [-0.3, -0.25) is 4.79 Å². The van der Waals surface area contributed by atoms with Gasteiger partial charge in [0.05, 0.1) is 17.9 Å². The molecule has 1 amide bonds. The molecule has 1 aliphatic heterocycles. The highest BCUT2D eigenvalue weighted by molar-refractivity contribution is 6.00. The lowest BCUT2D eigenvalue weighted by atomic mass is 10.0. The average Bonchev–Trinajstić information content (AvgIpc) is 2.55. The summed E-state index contributed by atoms with van der Waals surface area (Å²) in [6, 6.07) is 4.36. The molecule has 2 rings (SSSR count). The number of halogens is 3. The molecule has 0 bridgehead atoms. The third kappa shape index (κ3) is 4.64. The Balaban J connectivity index is 2.36. The van der Waals surface area contributed by atoms with Gasteiger partial charge in [0.15, 0.2) is 0 Å². The molecule has 0 aliphatic carbocycles. The second-order valence-corrected chi connectivity index (χ2v) is 5.94. The Hall–Kier alpha value is -2.25. The van der Waals surface area contributed by atoms with Gasteiger partial charge in [-0.25, -0.2) is 4.79 Å². The van der Waals surface area contributed by atoms with Crippen LogP contribution in [0, 0.1) is 0 Å². The fourth-order valence-corrected chi connectivity index (χ4v) is 2.89. The summed E-state index contributed by atoms with van der Waals surface area (Å²) in [6.45, 7) is 4.58. The highest BCUT2D eigenvalue weighted by Gasteiger charge is 2.38. The minimum Gasteiger partial charge on any atom is -0.462 e. The quantitative estimate of drug-likeness (QED) is 0.833. The largest absolute Gasteiger partial charge is 0.471 e. The number of amides is 1. The minimum atomic E-state index is -5.00. The molecular formula is C17H21F3N2O3. The lowest BCUT2D eigenvalue weighted by Gasteiger charge is -2.36. The van der Waals surface area contributed by atoms with Crippen LogP contribution in [0.3, 0.4) is 0 Å². The second-order valence-electron chi connectivity index (χ2n) is 5.94. The summed E-state index contributed by atoms with van der Waals surface area (Å²) < 4.78 is 42.3. The Kier molecular flexibility index (Phi) is 5.92. The van der Waals surface area contributed by atoms with Crippen LogP contribution in [0.25, 0.3) is 0 Å². The lowest BCUT2D eigenvalue weighted by Crippen LogP contribution is -2.38. The van der Waals surface area contributed by atoms with Crippen molar-refractivity contribution in [3.05, 3.63) is 23.8 Å². The molecule has 1 aliphatic rings. The van der Waals surface area contributed by atoms with Crippen LogP contribution in [0.15, 0.2) is 18.2 Å². The van der Waals surface area contributed by atoms with Crippen LogP contribution in [-0.2, 0) is 9.53 Å². The number of nitrogens with zero attached hydrogens (tertiary/aromatic N) is 1. The van der Waals surface area contributed by atoms with E-state index in [1.54, 1.807) is 18.3 Å². The van der Waals surface area contributed by atoms with Gasteiger partial charge in [0.25, 0.3) is 0 Å². The van der Waals surface area contributed by atoms with Gasteiger partial charge in [-0.1, -0.05) is 0 Å². The first kappa shape index (κ1) is 19.1. The van der Waals surface area contributed by atoms with Crippen LogP contribution in [0.2, 0.25) is 0 Å². The summed E-state index contributed by atoms with van der Waals surface area (Å²) in [4.78, 5) is 25.4. The predicted octanol–water partition coefficient (Wildman–Crippen LogP) is 3.74. The highest BCUT2D eigenvalue weighted by Crippen LogP contribution is 2.31. The zero-order valence-corrected chi connectivity index (χ0v) is 14.2. The van der Waals surface area contributed by atoms with Crippen LogP contribution in [0.1, 0.15) is 43.5 Å². The number of alkyl halides is 3. The maximum Gasteiger partial charge on any atom is 0.471 e. The molecule has 0 unspecified atom stereocenters. The fourth-order valence-electron chi connectivity index (χ4n) is 2.89. The van der Waals surface area contributed by atoms with E-state index in [1.165, 1.54) is 12.1 Å². The smallest absolute Gasteiger partial charge is 0.462 e.